The Labute approximate surface area is 292 Å². The molecule has 0 saturated carbocycles. The summed E-state index contributed by atoms with van der Waals surface area (Å²) in [6.45, 7) is 0. The second-order valence-electron chi connectivity index (χ2n) is 12.5. The monoisotopic (exact) mass is 656 g/mol. The standard InChI is InChI=1S/C46H28N2OS/c1-3-11-29(12-4-1)30-19-21-32(22-20-30)46-47-39(31-13-5-2-6-14-31)28-40(48-46)36-25-24-34(45-44(36)37-16-7-9-17-41(37)49-45)33-23-26-43-38(27-33)35-15-8-10-18-42(35)50-43/h1-28H. The van der Waals surface area contributed by atoms with Gasteiger partial charge in [0, 0.05) is 53.2 Å². The van der Waals surface area contributed by atoms with Crippen LogP contribution in [0.15, 0.2) is 174 Å². The fourth-order valence-corrected chi connectivity index (χ4v) is 8.16. The van der Waals surface area contributed by atoms with E-state index in [4.69, 9.17) is 14.4 Å². The Balaban J connectivity index is 1.18. The summed E-state index contributed by atoms with van der Waals surface area (Å²) in [6.07, 6.45) is 0. The van der Waals surface area contributed by atoms with Gasteiger partial charge in [0.05, 0.1) is 11.4 Å². The third kappa shape index (κ3) is 4.80. The lowest BCUT2D eigenvalue weighted by Gasteiger charge is -2.12. The van der Waals surface area contributed by atoms with E-state index < -0.39 is 0 Å². The maximum absolute atomic E-state index is 6.73. The summed E-state index contributed by atoms with van der Waals surface area (Å²) in [5.74, 6) is 0.681. The van der Waals surface area contributed by atoms with Gasteiger partial charge in [-0.3, -0.25) is 0 Å². The van der Waals surface area contributed by atoms with Crippen LogP contribution in [-0.2, 0) is 0 Å². The van der Waals surface area contributed by atoms with E-state index in [0.717, 1.165) is 66.7 Å². The first-order valence-corrected chi connectivity index (χ1v) is 17.6. The number of benzene rings is 7. The van der Waals surface area contributed by atoms with Crippen LogP contribution in [-0.4, -0.2) is 9.97 Å². The van der Waals surface area contributed by atoms with Crippen LogP contribution in [0, 0.1) is 0 Å². The van der Waals surface area contributed by atoms with Crippen LogP contribution in [0.5, 0.6) is 0 Å². The molecule has 3 aromatic heterocycles. The number of hydrogen-bond acceptors (Lipinski definition) is 4. The van der Waals surface area contributed by atoms with Crippen molar-refractivity contribution < 1.29 is 4.42 Å². The molecule has 0 saturated heterocycles. The maximum atomic E-state index is 6.73. The molecule has 3 heterocycles. The van der Waals surface area contributed by atoms with Gasteiger partial charge in [0.25, 0.3) is 0 Å². The Hall–Kier alpha value is -6.36. The Kier molecular flexibility index (Phi) is 6.68. The van der Waals surface area contributed by atoms with Gasteiger partial charge in [-0.15, -0.1) is 11.3 Å². The van der Waals surface area contributed by atoms with E-state index in [1.54, 1.807) is 0 Å². The molecule has 50 heavy (non-hydrogen) atoms. The molecule has 0 amide bonds. The lowest BCUT2D eigenvalue weighted by molar-refractivity contribution is 0.670. The molecule has 0 atom stereocenters. The Bertz CT molecular complexity index is 2850. The van der Waals surface area contributed by atoms with Crippen LogP contribution >= 0.6 is 11.3 Å². The average molecular weight is 657 g/mol. The summed E-state index contributed by atoms with van der Waals surface area (Å²) in [5.41, 5.74) is 11.0. The van der Waals surface area contributed by atoms with Crippen molar-refractivity contribution in [2.24, 2.45) is 0 Å². The van der Waals surface area contributed by atoms with Crippen LogP contribution < -0.4 is 0 Å². The summed E-state index contributed by atoms with van der Waals surface area (Å²) in [7, 11) is 0. The first kappa shape index (κ1) is 28.6. The second kappa shape index (κ2) is 11.7. The fraction of sp³-hybridized carbons (Fsp3) is 0. The summed E-state index contributed by atoms with van der Waals surface area (Å²) in [6, 6.07) is 59.5. The van der Waals surface area contributed by atoms with Gasteiger partial charge < -0.3 is 4.42 Å². The van der Waals surface area contributed by atoms with Gasteiger partial charge in [0.2, 0.25) is 0 Å². The number of rotatable bonds is 5. The Morgan fingerprint density at radius 3 is 1.82 bits per heavy atom. The third-order valence-electron chi connectivity index (χ3n) is 9.54. The third-order valence-corrected chi connectivity index (χ3v) is 10.7. The molecule has 234 valence electrons. The molecule has 0 fully saturated rings. The van der Waals surface area contributed by atoms with Crippen molar-refractivity contribution in [1.29, 1.82) is 0 Å². The highest BCUT2D eigenvalue weighted by Gasteiger charge is 2.20. The summed E-state index contributed by atoms with van der Waals surface area (Å²) < 4.78 is 9.31. The number of fused-ring (bicyclic) bond motifs is 6. The van der Waals surface area contributed by atoms with E-state index in [1.165, 1.54) is 25.7 Å². The minimum Gasteiger partial charge on any atom is -0.455 e. The number of nitrogens with zero attached hydrogens (tertiary/aromatic N) is 2. The van der Waals surface area contributed by atoms with E-state index in [0.29, 0.717) is 5.82 Å². The van der Waals surface area contributed by atoms with E-state index in [-0.39, 0.29) is 0 Å². The predicted octanol–water partition coefficient (Wildman–Crippen LogP) is 13.1. The van der Waals surface area contributed by atoms with Gasteiger partial charge in [-0.1, -0.05) is 133 Å². The Morgan fingerprint density at radius 2 is 1.00 bits per heavy atom. The lowest BCUT2D eigenvalue weighted by Crippen LogP contribution is -1.96. The molecule has 0 N–H and O–H groups in total. The van der Waals surface area contributed by atoms with Crippen molar-refractivity contribution >= 4 is 53.4 Å². The molecule has 0 bridgehead atoms. The molecule has 10 aromatic rings. The first-order chi connectivity index (χ1) is 24.8. The highest BCUT2D eigenvalue weighted by Crippen LogP contribution is 2.44. The van der Waals surface area contributed by atoms with E-state index in [1.807, 2.05) is 35.6 Å². The van der Waals surface area contributed by atoms with Crippen molar-refractivity contribution in [3.05, 3.63) is 170 Å². The molecule has 10 rings (SSSR count). The van der Waals surface area contributed by atoms with E-state index in [2.05, 4.69) is 146 Å². The van der Waals surface area contributed by atoms with Gasteiger partial charge in [-0.05, 0) is 53.1 Å². The summed E-state index contributed by atoms with van der Waals surface area (Å²) in [4.78, 5) is 10.4. The zero-order valence-electron chi connectivity index (χ0n) is 26.9. The van der Waals surface area contributed by atoms with E-state index >= 15 is 0 Å². The van der Waals surface area contributed by atoms with Crippen LogP contribution in [0.2, 0.25) is 0 Å². The van der Waals surface area contributed by atoms with Crippen LogP contribution in [0.3, 0.4) is 0 Å². The number of aromatic nitrogens is 2. The normalized spacial score (nSPS) is 11.6. The summed E-state index contributed by atoms with van der Waals surface area (Å²) in [5, 5.41) is 4.67. The molecule has 4 heteroatoms. The van der Waals surface area contributed by atoms with Gasteiger partial charge in [-0.2, -0.15) is 0 Å². The van der Waals surface area contributed by atoms with E-state index in [9.17, 15) is 0 Å². The molecule has 0 unspecified atom stereocenters. The predicted molar refractivity (Wildman–Crippen MR) is 209 cm³/mol. The zero-order valence-corrected chi connectivity index (χ0v) is 27.7. The molecule has 0 aliphatic carbocycles. The molecular formula is C46H28N2OS. The van der Waals surface area contributed by atoms with Gasteiger partial charge in [0.1, 0.15) is 11.2 Å². The number of hydrogen-bond donors (Lipinski definition) is 0. The van der Waals surface area contributed by atoms with Crippen molar-refractivity contribution in [1.82, 2.24) is 9.97 Å². The number of para-hydroxylation sites is 1. The van der Waals surface area contributed by atoms with Crippen LogP contribution in [0.1, 0.15) is 0 Å². The average Bonchev–Trinajstić information content (AvgIpc) is 3.77. The van der Waals surface area contributed by atoms with Crippen molar-refractivity contribution in [2.45, 2.75) is 0 Å². The molecule has 0 aliphatic heterocycles. The molecular weight excluding hydrogens is 629 g/mol. The zero-order chi connectivity index (χ0) is 33.0. The second-order valence-corrected chi connectivity index (χ2v) is 13.6. The van der Waals surface area contributed by atoms with Crippen molar-refractivity contribution in [2.75, 3.05) is 0 Å². The quantitative estimate of drug-likeness (QED) is 0.185. The molecule has 0 aliphatic rings. The topological polar surface area (TPSA) is 38.9 Å². The van der Waals surface area contributed by atoms with Gasteiger partial charge in [-0.25, -0.2) is 9.97 Å². The number of furan rings is 1. The SMILES string of the molecule is c1ccc(-c2ccc(-c3nc(-c4ccccc4)cc(-c4ccc(-c5ccc6sc7ccccc7c6c5)c5oc6ccccc6c45)n3)cc2)cc1. The highest BCUT2D eigenvalue weighted by molar-refractivity contribution is 7.25. The maximum Gasteiger partial charge on any atom is 0.160 e. The fourth-order valence-electron chi connectivity index (χ4n) is 7.08. The Morgan fingerprint density at radius 1 is 0.400 bits per heavy atom. The molecule has 7 aromatic carbocycles. The largest absolute Gasteiger partial charge is 0.455 e. The lowest BCUT2D eigenvalue weighted by atomic mass is 9.95. The minimum atomic E-state index is 0.681. The van der Waals surface area contributed by atoms with Crippen LogP contribution in [0.25, 0.3) is 98.3 Å². The smallest absolute Gasteiger partial charge is 0.160 e. The number of thiophene rings is 1. The van der Waals surface area contributed by atoms with Gasteiger partial charge >= 0.3 is 0 Å². The van der Waals surface area contributed by atoms with Crippen molar-refractivity contribution in [3.63, 3.8) is 0 Å². The molecule has 3 nitrogen and oxygen atoms in total. The van der Waals surface area contributed by atoms with Gasteiger partial charge in [0.15, 0.2) is 5.82 Å². The minimum absolute atomic E-state index is 0.681. The molecule has 0 spiro atoms. The van der Waals surface area contributed by atoms with Crippen LogP contribution in [0.4, 0.5) is 0 Å². The van der Waals surface area contributed by atoms with Crippen molar-refractivity contribution in [3.8, 4) is 56.2 Å². The summed E-state index contributed by atoms with van der Waals surface area (Å²) >= 11 is 1.83. The molecule has 0 radical (unpaired) electrons. The first-order valence-electron chi connectivity index (χ1n) is 16.7. The highest BCUT2D eigenvalue weighted by atomic mass is 32.1.